The van der Waals surface area contributed by atoms with E-state index in [-0.39, 0.29) is 21.7 Å². The zero-order valence-electron chi connectivity index (χ0n) is 9.61. The van der Waals surface area contributed by atoms with Gasteiger partial charge in [-0.25, -0.2) is 9.97 Å². The molecule has 0 saturated carbocycles. The predicted octanol–water partition coefficient (Wildman–Crippen LogP) is 3.30. The third-order valence-corrected chi connectivity index (χ3v) is 3.37. The van der Waals surface area contributed by atoms with E-state index >= 15 is 0 Å². The first kappa shape index (κ1) is 12.9. The van der Waals surface area contributed by atoms with Gasteiger partial charge in [0.1, 0.15) is 10.8 Å². The molecule has 0 aliphatic carbocycles. The van der Waals surface area contributed by atoms with Gasteiger partial charge in [0.2, 0.25) is 5.95 Å². The third-order valence-electron chi connectivity index (χ3n) is 2.50. The van der Waals surface area contributed by atoms with Crippen LogP contribution in [0.5, 0.6) is 5.75 Å². The van der Waals surface area contributed by atoms with Gasteiger partial charge in [-0.05, 0) is 24.6 Å². The summed E-state index contributed by atoms with van der Waals surface area (Å²) in [5.74, 6) is 0.118. The van der Waals surface area contributed by atoms with Gasteiger partial charge in [-0.1, -0.05) is 30.1 Å². The summed E-state index contributed by atoms with van der Waals surface area (Å²) in [6.07, 6.45) is 0.739. The highest BCUT2D eigenvalue weighted by Gasteiger charge is 2.13. The number of nitrogen functional groups attached to an aromatic ring is 1. The topological polar surface area (TPSA) is 72.0 Å². The Kier molecular flexibility index (Phi) is 3.59. The molecule has 0 spiro atoms. The van der Waals surface area contributed by atoms with Crippen molar-refractivity contribution in [1.82, 2.24) is 9.97 Å². The number of hydrogen-bond acceptors (Lipinski definition) is 4. The molecule has 0 amide bonds. The van der Waals surface area contributed by atoms with Crippen LogP contribution in [0.1, 0.15) is 12.6 Å². The SMILES string of the molecule is CCc1cc(-c2ccc(O)c(Cl)c2Cl)nc(N)n1. The highest BCUT2D eigenvalue weighted by Crippen LogP contribution is 2.38. The van der Waals surface area contributed by atoms with Gasteiger partial charge in [0.25, 0.3) is 0 Å². The second-order valence-electron chi connectivity index (χ2n) is 3.72. The number of phenols is 1. The number of benzene rings is 1. The lowest BCUT2D eigenvalue weighted by molar-refractivity contribution is 0.475. The van der Waals surface area contributed by atoms with Crippen molar-refractivity contribution in [3.05, 3.63) is 33.9 Å². The minimum atomic E-state index is -0.0665. The second-order valence-corrected chi connectivity index (χ2v) is 4.47. The number of phenolic OH excluding ortho intramolecular Hbond substituents is 1. The largest absolute Gasteiger partial charge is 0.506 e. The molecule has 2 rings (SSSR count). The molecule has 0 fully saturated rings. The van der Waals surface area contributed by atoms with Crippen LogP contribution >= 0.6 is 23.2 Å². The number of aromatic nitrogens is 2. The number of halogens is 2. The molecule has 0 aliphatic heterocycles. The quantitative estimate of drug-likeness (QED) is 0.887. The van der Waals surface area contributed by atoms with Gasteiger partial charge in [-0.15, -0.1) is 0 Å². The summed E-state index contributed by atoms with van der Waals surface area (Å²) in [6, 6.07) is 4.91. The van der Waals surface area contributed by atoms with Crippen LogP contribution in [-0.2, 0) is 6.42 Å². The molecule has 0 unspecified atom stereocenters. The highest BCUT2D eigenvalue weighted by atomic mass is 35.5. The van der Waals surface area contributed by atoms with Crippen LogP contribution < -0.4 is 5.73 Å². The molecule has 18 heavy (non-hydrogen) atoms. The molecule has 0 atom stereocenters. The van der Waals surface area contributed by atoms with E-state index in [2.05, 4.69) is 9.97 Å². The van der Waals surface area contributed by atoms with Gasteiger partial charge in [0.05, 0.1) is 10.7 Å². The molecule has 94 valence electrons. The van der Waals surface area contributed by atoms with E-state index in [0.29, 0.717) is 11.3 Å². The zero-order valence-corrected chi connectivity index (χ0v) is 11.1. The number of nitrogens with zero attached hydrogens (tertiary/aromatic N) is 2. The molecule has 0 radical (unpaired) electrons. The molecular weight excluding hydrogens is 273 g/mol. The van der Waals surface area contributed by atoms with Crippen LogP contribution in [0.15, 0.2) is 18.2 Å². The number of aryl methyl sites for hydroxylation is 1. The lowest BCUT2D eigenvalue weighted by Crippen LogP contribution is -2.00. The fraction of sp³-hybridized carbons (Fsp3) is 0.167. The summed E-state index contributed by atoms with van der Waals surface area (Å²) in [5.41, 5.74) is 7.66. The van der Waals surface area contributed by atoms with Crippen LogP contribution in [-0.4, -0.2) is 15.1 Å². The lowest BCUT2D eigenvalue weighted by atomic mass is 10.1. The minimum Gasteiger partial charge on any atom is -0.506 e. The molecule has 6 heteroatoms. The summed E-state index contributed by atoms with van der Waals surface area (Å²) in [6.45, 7) is 1.97. The average Bonchev–Trinajstić information content (AvgIpc) is 2.35. The van der Waals surface area contributed by atoms with Gasteiger partial charge in [0.15, 0.2) is 0 Å². The van der Waals surface area contributed by atoms with E-state index in [1.54, 1.807) is 12.1 Å². The first-order chi connectivity index (χ1) is 8.52. The second kappa shape index (κ2) is 5.00. The Hall–Kier alpha value is -1.52. The molecule has 1 aromatic carbocycles. The number of aromatic hydroxyl groups is 1. The van der Waals surface area contributed by atoms with E-state index in [4.69, 9.17) is 28.9 Å². The Morgan fingerprint density at radius 2 is 1.94 bits per heavy atom. The van der Waals surface area contributed by atoms with Crippen molar-refractivity contribution in [2.45, 2.75) is 13.3 Å². The smallest absolute Gasteiger partial charge is 0.220 e. The molecule has 1 heterocycles. The first-order valence-corrected chi connectivity index (χ1v) is 6.09. The molecule has 2 aromatic rings. The van der Waals surface area contributed by atoms with Crippen molar-refractivity contribution in [1.29, 1.82) is 0 Å². The van der Waals surface area contributed by atoms with Crippen molar-refractivity contribution in [3.8, 4) is 17.0 Å². The van der Waals surface area contributed by atoms with Crippen LogP contribution in [0.3, 0.4) is 0 Å². The lowest BCUT2D eigenvalue weighted by Gasteiger charge is -2.08. The van der Waals surface area contributed by atoms with Crippen LogP contribution in [0.2, 0.25) is 10.0 Å². The molecule has 3 N–H and O–H groups in total. The number of anilines is 1. The normalized spacial score (nSPS) is 10.6. The van der Waals surface area contributed by atoms with Gasteiger partial charge < -0.3 is 10.8 Å². The minimum absolute atomic E-state index is 0.0665. The van der Waals surface area contributed by atoms with E-state index < -0.39 is 0 Å². The Morgan fingerprint density at radius 3 is 2.61 bits per heavy atom. The Balaban J connectivity index is 2.62. The predicted molar refractivity (Wildman–Crippen MR) is 72.9 cm³/mol. The highest BCUT2D eigenvalue weighted by molar-refractivity contribution is 6.44. The standard InChI is InChI=1S/C12H11Cl2N3O/c1-2-6-5-8(17-12(15)16-6)7-3-4-9(18)11(14)10(7)13/h3-5,18H,2H2,1H3,(H2,15,16,17). The fourth-order valence-electron chi connectivity index (χ4n) is 1.57. The van der Waals surface area contributed by atoms with Gasteiger partial charge in [-0.2, -0.15) is 0 Å². The fourth-order valence-corrected chi connectivity index (χ4v) is 2.00. The number of rotatable bonds is 2. The summed E-state index contributed by atoms with van der Waals surface area (Å²) >= 11 is 12.0. The third kappa shape index (κ3) is 2.35. The van der Waals surface area contributed by atoms with E-state index in [1.807, 2.05) is 6.92 Å². The molecular formula is C12H11Cl2N3O. The average molecular weight is 284 g/mol. The summed E-state index contributed by atoms with van der Waals surface area (Å²) in [7, 11) is 0. The van der Waals surface area contributed by atoms with E-state index in [1.165, 1.54) is 6.07 Å². The van der Waals surface area contributed by atoms with Crippen LogP contribution in [0.4, 0.5) is 5.95 Å². The Morgan fingerprint density at radius 1 is 1.22 bits per heavy atom. The van der Waals surface area contributed by atoms with Crippen LogP contribution in [0, 0.1) is 0 Å². The number of hydrogen-bond donors (Lipinski definition) is 2. The number of nitrogens with two attached hydrogens (primary N) is 1. The molecule has 0 aliphatic rings. The van der Waals surface area contributed by atoms with Gasteiger partial charge in [0, 0.05) is 11.3 Å². The Bertz CT molecular complexity index is 602. The van der Waals surface area contributed by atoms with E-state index in [9.17, 15) is 5.11 Å². The maximum Gasteiger partial charge on any atom is 0.220 e. The maximum absolute atomic E-state index is 9.45. The maximum atomic E-state index is 9.45. The van der Waals surface area contributed by atoms with Crippen molar-refractivity contribution >= 4 is 29.2 Å². The zero-order chi connectivity index (χ0) is 13.3. The molecule has 1 aromatic heterocycles. The molecule has 0 bridgehead atoms. The van der Waals surface area contributed by atoms with Crippen molar-refractivity contribution in [2.75, 3.05) is 5.73 Å². The van der Waals surface area contributed by atoms with Crippen molar-refractivity contribution in [3.63, 3.8) is 0 Å². The summed E-state index contributed by atoms with van der Waals surface area (Å²) in [4.78, 5) is 8.21. The molecule has 0 saturated heterocycles. The monoisotopic (exact) mass is 283 g/mol. The molecule has 4 nitrogen and oxygen atoms in total. The Labute approximate surface area is 114 Å². The van der Waals surface area contributed by atoms with Crippen LogP contribution in [0.25, 0.3) is 11.3 Å². The summed E-state index contributed by atoms with van der Waals surface area (Å²) < 4.78 is 0. The summed E-state index contributed by atoms with van der Waals surface area (Å²) in [5, 5.41) is 9.80. The van der Waals surface area contributed by atoms with Crippen molar-refractivity contribution in [2.24, 2.45) is 0 Å². The van der Waals surface area contributed by atoms with Crippen molar-refractivity contribution < 1.29 is 5.11 Å². The van der Waals surface area contributed by atoms with Gasteiger partial charge in [-0.3, -0.25) is 0 Å². The van der Waals surface area contributed by atoms with E-state index in [0.717, 1.165) is 12.1 Å². The first-order valence-electron chi connectivity index (χ1n) is 5.33. The van der Waals surface area contributed by atoms with Gasteiger partial charge >= 0.3 is 0 Å².